The van der Waals surface area contributed by atoms with Gasteiger partial charge in [0, 0.05) is 12.4 Å². The number of hydrazine groups is 1. The van der Waals surface area contributed by atoms with Gasteiger partial charge in [-0.3, -0.25) is 16.3 Å². The van der Waals surface area contributed by atoms with Gasteiger partial charge in [0.05, 0.1) is 13.2 Å². The van der Waals surface area contributed by atoms with Gasteiger partial charge in [0.2, 0.25) is 5.88 Å². The third kappa shape index (κ3) is 2.79. The van der Waals surface area contributed by atoms with Crippen molar-refractivity contribution < 1.29 is 4.74 Å². The fourth-order valence-corrected chi connectivity index (χ4v) is 2.93. The first kappa shape index (κ1) is 13.2. The molecular formula is C13H22N4O. The molecule has 0 saturated heterocycles. The first-order chi connectivity index (χ1) is 8.76. The van der Waals surface area contributed by atoms with Gasteiger partial charge in [-0.15, -0.1) is 0 Å². The van der Waals surface area contributed by atoms with Crippen molar-refractivity contribution in [3.05, 3.63) is 18.1 Å². The van der Waals surface area contributed by atoms with E-state index in [-0.39, 0.29) is 6.04 Å². The number of hydrogen-bond donors (Lipinski definition) is 2. The average Bonchev–Trinajstić information content (AvgIpc) is 2.40. The van der Waals surface area contributed by atoms with Crippen molar-refractivity contribution in [2.75, 3.05) is 7.11 Å². The molecule has 0 amide bonds. The lowest BCUT2D eigenvalue weighted by molar-refractivity contribution is 0.217. The number of nitrogens with zero attached hydrogens (tertiary/aromatic N) is 2. The van der Waals surface area contributed by atoms with Gasteiger partial charge in [-0.05, 0) is 24.7 Å². The maximum absolute atomic E-state index is 5.73. The summed E-state index contributed by atoms with van der Waals surface area (Å²) in [7, 11) is 1.62. The Morgan fingerprint density at radius 3 is 2.83 bits per heavy atom. The van der Waals surface area contributed by atoms with Gasteiger partial charge in [0.25, 0.3) is 0 Å². The van der Waals surface area contributed by atoms with Gasteiger partial charge >= 0.3 is 0 Å². The Labute approximate surface area is 108 Å². The number of rotatable bonds is 4. The third-order valence-electron chi connectivity index (χ3n) is 3.81. The molecule has 0 spiro atoms. The van der Waals surface area contributed by atoms with Crippen LogP contribution in [-0.4, -0.2) is 17.1 Å². The van der Waals surface area contributed by atoms with E-state index in [2.05, 4.69) is 22.3 Å². The number of ether oxygens (including phenoxy) is 1. The molecule has 0 radical (unpaired) electrons. The predicted octanol–water partition coefficient (Wildman–Crippen LogP) is 1.82. The Bertz CT molecular complexity index is 385. The van der Waals surface area contributed by atoms with Gasteiger partial charge in [-0.1, -0.05) is 19.8 Å². The van der Waals surface area contributed by atoms with Gasteiger partial charge in [-0.25, -0.2) is 4.98 Å². The Balaban J connectivity index is 2.21. The zero-order valence-corrected chi connectivity index (χ0v) is 11.1. The van der Waals surface area contributed by atoms with Gasteiger partial charge in [0.1, 0.15) is 5.69 Å². The number of aromatic nitrogens is 2. The molecule has 18 heavy (non-hydrogen) atoms. The fourth-order valence-electron chi connectivity index (χ4n) is 2.93. The monoisotopic (exact) mass is 250 g/mol. The van der Waals surface area contributed by atoms with Gasteiger partial charge in [-0.2, -0.15) is 0 Å². The van der Waals surface area contributed by atoms with E-state index in [1.54, 1.807) is 19.5 Å². The molecule has 1 saturated carbocycles. The Hall–Kier alpha value is -1.20. The van der Waals surface area contributed by atoms with Gasteiger partial charge in [0.15, 0.2) is 0 Å². The minimum atomic E-state index is 0.0244. The summed E-state index contributed by atoms with van der Waals surface area (Å²) >= 11 is 0. The predicted molar refractivity (Wildman–Crippen MR) is 69.8 cm³/mol. The molecule has 1 aromatic heterocycles. The molecule has 3 N–H and O–H groups in total. The number of hydrogen-bond acceptors (Lipinski definition) is 5. The molecule has 1 fully saturated rings. The molecule has 1 aromatic rings. The van der Waals surface area contributed by atoms with Crippen LogP contribution < -0.4 is 16.0 Å². The summed E-state index contributed by atoms with van der Waals surface area (Å²) in [5.41, 5.74) is 3.72. The summed E-state index contributed by atoms with van der Waals surface area (Å²) in [6.07, 6.45) is 8.25. The highest BCUT2D eigenvalue weighted by molar-refractivity contribution is 5.22. The van der Waals surface area contributed by atoms with E-state index in [9.17, 15) is 0 Å². The maximum Gasteiger partial charge on any atom is 0.237 e. The van der Waals surface area contributed by atoms with Crippen molar-refractivity contribution in [3.63, 3.8) is 0 Å². The highest BCUT2D eigenvalue weighted by Gasteiger charge is 2.30. The third-order valence-corrected chi connectivity index (χ3v) is 3.81. The minimum Gasteiger partial charge on any atom is -0.480 e. The molecule has 0 bridgehead atoms. The summed E-state index contributed by atoms with van der Waals surface area (Å²) in [4.78, 5) is 8.59. The summed E-state index contributed by atoms with van der Waals surface area (Å²) in [5, 5.41) is 0. The summed E-state index contributed by atoms with van der Waals surface area (Å²) < 4.78 is 5.28. The van der Waals surface area contributed by atoms with Crippen molar-refractivity contribution in [3.8, 4) is 5.88 Å². The van der Waals surface area contributed by atoms with Crippen molar-refractivity contribution in [2.45, 2.75) is 38.6 Å². The second kappa shape index (κ2) is 6.11. The van der Waals surface area contributed by atoms with E-state index in [4.69, 9.17) is 10.6 Å². The minimum absolute atomic E-state index is 0.0244. The van der Waals surface area contributed by atoms with Crippen LogP contribution in [0, 0.1) is 11.8 Å². The van der Waals surface area contributed by atoms with E-state index >= 15 is 0 Å². The van der Waals surface area contributed by atoms with Crippen LogP contribution in [0.15, 0.2) is 12.4 Å². The maximum atomic E-state index is 5.73. The lowest BCUT2D eigenvalue weighted by Crippen LogP contribution is -2.36. The highest BCUT2D eigenvalue weighted by Crippen LogP contribution is 2.37. The van der Waals surface area contributed by atoms with Crippen LogP contribution in [0.25, 0.3) is 0 Å². The summed E-state index contributed by atoms with van der Waals surface area (Å²) in [5.74, 6) is 7.56. The van der Waals surface area contributed by atoms with Crippen LogP contribution >= 0.6 is 0 Å². The van der Waals surface area contributed by atoms with Crippen LogP contribution in [0.5, 0.6) is 5.88 Å². The Morgan fingerprint density at radius 2 is 2.17 bits per heavy atom. The van der Waals surface area contributed by atoms with Crippen LogP contribution in [0.3, 0.4) is 0 Å². The molecule has 1 heterocycles. The molecule has 1 aliphatic carbocycles. The molecule has 3 unspecified atom stereocenters. The number of methoxy groups -OCH3 is 1. The average molecular weight is 250 g/mol. The molecule has 3 atom stereocenters. The van der Waals surface area contributed by atoms with Crippen molar-refractivity contribution in [1.29, 1.82) is 0 Å². The zero-order chi connectivity index (χ0) is 13.0. The fraction of sp³-hybridized carbons (Fsp3) is 0.692. The van der Waals surface area contributed by atoms with E-state index in [1.807, 2.05) is 0 Å². The topological polar surface area (TPSA) is 73.1 Å². The highest BCUT2D eigenvalue weighted by atomic mass is 16.5. The second-order valence-electron chi connectivity index (χ2n) is 5.13. The molecule has 0 aromatic carbocycles. The van der Waals surface area contributed by atoms with Crippen LogP contribution in [0.1, 0.15) is 44.3 Å². The Morgan fingerprint density at radius 1 is 1.39 bits per heavy atom. The lowest BCUT2D eigenvalue weighted by atomic mass is 9.78. The van der Waals surface area contributed by atoms with Crippen LogP contribution in [0.2, 0.25) is 0 Å². The van der Waals surface area contributed by atoms with Crippen molar-refractivity contribution in [2.24, 2.45) is 17.7 Å². The van der Waals surface area contributed by atoms with Crippen LogP contribution in [-0.2, 0) is 0 Å². The summed E-state index contributed by atoms with van der Waals surface area (Å²) in [6.45, 7) is 2.30. The van der Waals surface area contributed by atoms with E-state index < -0.39 is 0 Å². The largest absolute Gasteiger partial charge is 0.480 e. The molecule has 100 valence electrons. The smallest absolute Gasteiger partial charge is 0.237 e. The van der Waals surface area contributed by atoms with Crippen molar-refractivity contribution in [1.82, 2.24) is 15.4 Å². The van der Waals surface area contributed by atoms with E-state index in [0.717, 1.165) is 11.6 Å². The standard InChI is InChI=1S/C13H22N4O/c1-9-4-3-5-10(8-9)11(17-14)12-13(18-2)16-7-6-15-12/h6-7,9-11,17H,3-5,8,14H2,1-2H3. The Kier molecular flexibility index (Phi) is 4.49. The van der Waals surface area contributed by atoms with Gasteiger partial charge < -0.3 is 4.74 Å². The zero-order valence-electron chi connectivity index (χ0n) is 11.1. The second-order valence-corrected chi connectivity index (χ2v) is 5.13. The normalized spacial score (nSPS) is 25.7. The molecule has 1 aliphatic rings. The summed E-state index contributed by atoms with van der Waals surface area (Å²) in [6, 6.07) is 0.0244. The quantitative estimate of drug-likeness (QED) is 0.630. The molecule has 0 aliphatic heterocycles. The lowest BCUT2D eigenvalue weighted by Gasteiger charge is -2.32. The first-order valence-electron chi connectivity index (χ1n) is 6.57. The van der Waals surface area contributed by atoms with Crippen LogP contribution in [0.4, 0.5) is 0 Å². The molecule has 2 rings (SSSR count). The number of nitrogens with two attached hydrogens (primary N) is 1. The first-order valence-corrected chi connectivity index (χ1v) is 6.57. The number of nitrogens with one attached hydrogen (secondary N) is 1. The van der Waals surface area contributed by atoms with E-state index in [0.29, 0.717) is 11.8 Å². The molecule has 5 nitrogen and oxygen atoms in total. The SMILES string of the molecule is COc1nccnc1C(NN)C1CCCC(C)C1. The molecule has 5 heteroatoms. The van der Waals surface area contributed by atoms with E-state index in [1.165, 1.54) is 25.7 Å². The van der Waals surface area contributed by atoms with Crippen molar-refractivity contribution >= 4 is 0 Å². The molecular weight excluding hydrogens is 228 g/mol.